The van der Waals surface area contributed by atoms with Crippen LogP contribution in [0.1, 0.15) is 18.5 Å². The van der Waals surface area contributed by atoms with E-state index in [2.05, 4.69) is 10.4 Å². The largest absolute Gasteiger partial charge is 0.382 e. The van der Waals surface area contributed by atoms with Gasteiger partial charge in [0.25, 0.3) is 0 Å². The Bertz CT molecular complexity index is 337. The summed E-state index contributed by atoms with van der Waals surface area (Å²) in [5.41, 5.74) is 5.91. The van der Waals surface area contributed by atoms with Crippen molar-refractivity contribution in [1.29, 1.82) is 0 Å². The van der Waals surface area contributed by atoms with Crippen molar-refractivity contribution in [3.05, 3.63) is 18.0 Å². The number of primary amides is 1. The molecule has 0 saturated carbocycles. The van der Waals surface area contributed by atoms with Crippen LogP contribution in [0, 0.1) is 0 Å². The zero-order valence-corrected chi connectivity index (χ0v) is 8.84. The van der Waals surface area contributed by atoms with Gasteiger partial charge in [0, 0.05) is 31.4 Å². The lowest BCUT2D eigenvalue weighted by Crippen LogP contribution is -2.38. The molecule has 0 aliphatic rings. The van der Waals surface area contributed by atoms with Crippen LogP contribution in [0.2, 0.25) is 0 Å². The highest BCUT2D eigenvalue weighted by Gasteiger charge is 2.13. The van der Waals surface area contributed by atoms with E-state index in [0.717, 1.165) is 5.56 Å². The lowest BCUT2D eigenvalue weighted by molar-refractivity contribution is -0.125. The minimum absolute atomic E-state index is 0.0210. The molecule has 1 aromatic rings. The molecule has 15 heavy (non-hydrogen) atoms. The van der Waals surface area contributed by atoms with Crippen LogP contribution in [0.3, 0.4) is 0 Å². The predicted octanol–water partition coefficient (Wildman–Crippen LogP) is -1.08. The van der Waals surface area contributed by atoms with Gasteiger partial charge in [0.2, 0.25) is 5.91 Å². The third-order valence-electron chi connectivity index (χ3n) is 2.17. The monoisotopic (exact) mass is 212 g/mol. The fourth-order valence-corrected chi connectivity index (χ4v) is 1.17. The molecule has 1 rings (SSSR count). The highest BCUT2D eigenvalue weighted by molar-refractivity contribution is 5.78. The van der Waals surface area contributed by atoms with E-state index in [9.17, 15) is 4.79 Å². The molecule has 4 N–H and O–H groups in total. The molecule has 0 radical (unpaired) electrons. The zero-order chi connectivity index (χ0) is 11.4. The first kappa shape index (κ1) is 11.7. The number of aryl methyl sites for hydroxylation is 1. The third kappa shape index (κ3) is 3.34. The number of nitrogens with two attached hydrogens (primary N) is 1. The van der Waals surface area contributed by atoms with Crippen molar-refractivity contribution in [2.75, 3.05) is 6.54 Å². The van der Waals surface area contributed by atoms with Gasteiger partial charge >= 0.3 is 0 Å². The van der Waals surface area contributed by atoms with Gasteiger partial charge in [-0.1, -0.05) is 0 Å². The molecule has 0 bridgehead atoms. The van der Waals surface area contributed by atoms with Crippen LogP contribution in [0.4, 0.5) is 0 Å². The van der Waals surface area contributed by atoms with Gasteiger partial charge in [-0.05, 0) is 6.92 Å². The molecule has 0 fully saturated rings. The molecule has 84 valence electrons. The second-order valence-corrected chi connectivity index (χ2v) is 3.50. The van der Waals surface area contributed by atoms with Crippen LogP contribution < -0.4 is 11.1 Å². The number of aromatic nitrogens is 2. The number of rotatable bonds is 5. The number of amides is 1. The average molecular weight is 212 g/mol. The molecule has 6 heteroatoms. The fraction of sp³-hybridized carbons (Fsp3) is 0.556. The number of carbonyl (C=O) groups is 1. The number of carbonyl (C=O) groups excluding carboxylic acids is 1. The Balaban J connectivity index is 2.43. The Morgan fingerprint density at radius 2 is 2.47 bits per heavy atom. The molecular formula is C9H16N4O2. The van der Waals surface area contributed by atoms with Gasteiger partial charge in [0.05, 0.1) is 6.20 Å². The number of hydrogen-bond acceptors (Lipinski definition) is 4. The first-order valence-electron chi connectivity index (χ1n) is 4.70. The molecule has 2 atom stereocenters. The Morgan fingerprint density at radius 1 is 1.80 bits per heavy atom. The summed E-state index contributed by atoms with van der Waals surface area (Å²) in [7, 11) is 1.83. The summed E-state index contributed by atoms with van der Waals surface area (Å²) in [5, 5.41) is 16.2. The van der Waals surface area contributed by atoms with Gasteiger partial charge < -0.3 is 16.2 Å². The summed E-state index contributed by atoms with van der Waals surface area (Å²) in [6.45, 7) is 2.07. The number of nitrogens with one attached hydrogen (secondary N) is 1. The highest BCUT2D eigenvalue weighted by atomic mass is 16.3. The number of hydrogen-bond donors (Lipinski definition) is 3. The van der Waals surface area contributed by atoms with Crippen LogP contribution in [0.25, 0.3) is 0 Å². The molecule has 0 spiro atoms. The lowest BCUT2D eigenvalue weighted by atomic mass is 10.2. The van der Waals surface area contributed by atoms with E-state index in [0.29, 0.717) is 0 Å². The minimum atomic E-state index is -1.15. The van der Waals surface area contributed by atoms with Gasteiger partial charge in [-0.3, -0.25) is 9.48 Å². The standard InChI is InChI=1S/C9H16N4O2/c1-6(7-3-12-13(2)5-7)11-4-8(14)9(10)15/h3,5-6,8,11,14H,4H2,1-2H3,(H2,10,15). The van der Waals surface area contributed by atoms with Crippen molar-refractivity contribution < 1.29 is 9.90 Å². The van der Waals surface area contributed by atoms with Crippen molar-refractivity contribution in [3.63, 3.8) is 0 Å². The molecule has 2 unspecified atom stereocenters. The lowest BCUT2D eigenvalue weighted by Gasteiger charge is -2.13. The fourth-order valence-electron chi connectivity index (χ4n) is 1.17. The molecular weight excluding hydrogens is 196 g/mol. The highest BCUT2D eigenvalue weighted by Crippen LogP contribution is 2.09. The summed E-state index contributed by atoms with van der Waals surface area (Å²) >= 11 is 0. The summed E-state index contributed by atoms with van der Waals surface area (Å²) in [5.74, 6) is -0.721. The molecule has 1 aromatic heterocycles. The van der Waals surface area contributed by atoms with E-state index >= 15 is 0 Å². The molecule has 0 aliphatic heterocycles. The van der Waals surface area contributed by atoms with E-state index < -0.39 is 12.0 Å². The van der Waals surface area contributed by atoms with Gasteiger partial charge in [-0.2, -0.15) is 5.10 Å². The molecule has 1 heterocycles. The zero-order valence-electron chi connectivity index (χ0n) is 8.84. The molecule has 0 aromatic carbocycles. The van der Waals surface area contributed by atoms with E-state index in [4.69, 9.17) is 10.8 Å². The maximum absolute atomic E-state index is 10.6. The first-order chi connectivity index (χ1) is 7.00. The first-order valence-corrected chi connectivity index (χ1v) is 4.70. The Morgan fingerprint density at radius 3 is 2.93 bits per heavy atom. The quantitative estimate of drug-likeness (QED) is 0.578. The Hall–Kier alpha value is -1.40. The maximum atomic E-state index is 10.6. The van der Waals surface area contributed by atoms with Crippen LogP contribution in [0.15, 0.2) is 12.4 Å². The Labute approximate surface area is 88.1 Å². The minimum Gasteiger partial charge on any atom is -0.382 e. The maximum Gasteiger partial charge on any atom is 0.247 e. The van der Waals surface area contributed by atoms with Crippen molar-refractivity contribution in [2.24, 2.45) is 12.8 Å². The van der Waals surface area contributed by atoms with Gasteiger partial charge in [-0.25, -0.2) is 0 Å². The molecule has 6 nitrogen and oxygen atoms in total. The summed E-state index contributed by atoms with van der Waals surface area (Å²) in [6, 6.07) is 0.0210. The topological polar surface area (TPSA) is 93.2 Å². The van der Waals surface area contributed by atoms with Crippen LogP contribution in [-0.4, -0.2) is 33.4 Å². The molecule has 0 saturated heterocycles. The normalized spacial score (nSPS) is 14.9. The third-order valence-corrected chi connectivity index (χ3v) is 2.17. The second kappa shape index (κ2) is 4.90. The van der Waals surface area contributed by atoms with Crippen LogP contribution in [0.5, 0.6) is 0 Å². The van der Waals surface area contributed by atoms with Crippen molar-refractivity contribution in [2.45, 2.75) is 19.1 Å². The second-order valence-electron chi connectivity index (χ2n) is 3.50. The van der Waals surface area contributed by atoms with Crippen molar-refractivity contribution in [1.82, 2.24) is 15.1 Å². The Kier molecular flexibility index (Phi) is 3.81. The predicted molar refractivity (Wildman–Crippen MR) is 54.8 cm³/mol. The average Bonchev–Trinajstić information content (AvgIpc) is 2.60. The van der Waals surface area contributed by atoms with Gasteiger partial charge in [-0.15, -0.1) is 0 Å². The van der Waals surface area contributed by atoms with E-state index in [1.54, 1.807) is 10.9 Å². The van der Waals surface area contributed by atoms with Gasteiger partial charge in [0.1, 0.15) is 6.10 Å². The smallest absolute Gasteiger partial charge is 0.247 e. The van der Waals surface area contributed by atoms with Crippen molar-refractivity contribution >= 4 is 5.91 Å². The molecule has 1 amide bonds. The number of aliphatic hydroxyl groups is 1. The van der Waals surface area contributed by atoms with Crippen molar-refractivity contribution in [3.8, 4) is 0 Å². The SMILES string of the molecule is CC(NCC(O)C(N)=O)c1cnn(C)c1. The van der Waals surface area contributed by atoms with E-state index in [-0.39, 0.29) is 12.6 Å². The summed E-state index contributed by atoms with van der Waals surface area (Å²) < 4.78 is 1.69. The van der Waals surface area contributed by atoms with Crippen LogP contribution in [-0.2, 0) is 11.8 Å². The summed E-state index contributed by atoms with van der Waals surface area (Å²) in [4.78, 5) is 10.6. The van der Waals surface area contributed by atoms with E-state index in [1.165, 1.54) is 0 Å². The number of aliphatic hydroxyl groups excluding tert-OH is 1. The van der Waals surface area contributed by atoms with Crippen LogP contribution >= 0.6 is 0 Å². The number of nitrogens with zero attached hydrogens (tertiary/aromatic N) is 2. The van der Waals surface area contributed by atoms with E-state index in [1.807, 2.05) is 20.2 Å². The summed E-state index contributed by atoms with van der Waals surface area (Å²) in [6.07, 6.45) is 2.45. The van der Waals surface area contributed by atoms with Gasteiger partial charge in [0.15, 0.2) is 0 Å². The molecule has 0 aliphatic carbocycles.